The molecule has 0 saturated carbocycles. The van der Waals surface area contributed by atoms with E-state index >= 15 is 0 Å². The van der Waals surface area contributed by atoms with Crippen molar-refractivity contribution in [2.45, 2.75) is 0 Å². The standard InChI is InChI=1S/C18H15BrO5/c1-23-17-9-12(5-7-15(17)20)6-8-18(22)24-11-16(21)13-3-2-4-14(19)10-13/h2-10,20H,11H2,1H3/b8-6+. The molecule has 5 nitrogen and oxygen atoms in total. The minimum Gasteiger partial charge on any atom is -0.504 e. The van der Waals surface area contributed by atoms with Gasteiger partial charge in [0.25, 0.3) is 0 Å². The highest BCUT2D eigenvalue weighted by Gasteiger charge is 2.09. The van der Waals surface area contributed by atoms with Crippen LogP contribution in [0.15, 0.2) is 53.0 Å². The number of esters is 1. The largest absolute Gasteiger partial charge is 0.504 e. The maximum absolute atomic E-state index is 11.9. The van der Waals surface area contributed by atoms with E-state index < -0.39 is 5.97 Å². The number of carbonyl (C=O) groups is 2. The van der Waals surface area contributed by atoms with E-state index in [1.54, 1.807) is 36.4 Å². The molecule has 24 heavy (non-hydrogen) atoms. The van der Waals surface area contributed by atoms with Crippen molar-refractivity contribution >= 4 is 33.8 Å². The van der Waals surface area contributed by atoms with Crippen LogP contribution >= 0.6 is 15.9 Å². The molecule has 0 spiro atoms. The molecule has 0 radical (unpaired) electrons. The summed E-state index contributed by atoms with van der Waals surface area (Å²) in [5, 5.41) is 9.50. The van der Waals surface area contributed by atoms with E-state index in [1.165, 1.54) is 25.3 Å². The summed E-state index contributed by atoms with van der Waals surface area (Å²) in [6.45, 7) is -0.335. The van der Waals surface area contributed by atoms with Gasteiger partial charge in [-0.1, -0.05) is 34.1 Å². The molecule has 2 aromatic rings. The van der Waals surface area contributed by atoms with Crippen LogP contribution in [0, 0.1) is 0 Å². The summed E-state index contributed by atoms with van der Waals surface area (Å²) < 4.78 is 10.7. The third-order valence-electron chi connectivity index (χ3n) is 3.11. The molecular weight excluding hydrogens is 376 g/mol. The average Bonchev–Trinajstić information content (AvgIpc) is 2.58. The minimum atomic E-state index is -0.634. The molecule has 0 amide bonds. The molecular formula is C18H15BrO5. The molecule has 0 unspecified atom stereocenters. The minimum absolute atomic E-state index is 0.0110. The summed E-state index contributed by atoms with van der Waals surface area (Å²) in [4.78, 5) is 23.6. The van der Waals surface area contributed by atoms with E-state index in [2.05, 4.69) is 15.9 Å². The Morgan fingerprint density at radius 1 is 1.21 bits per heavy atom. The van der Waals surface area contributed by atoms with Crippen molar-refractivity contribution in [2.24, 2.45) is 0 Å². The van der Waals surface area contributed by atoms with Crippen LogP contribution in [0.25, 0.3) is 6.08 Å². The Morgan fingerprint density at radius 2 is 2.00 bits per heavy atom. The molecule has 0 heterocycles. The lowest BCUT2D eigenvalue weighted by atomic mass is 10.1. The van der Waals surface area contributed by atoms with Crippen molar-refractivity contribution in [1.29, 1.82) is 0 Å². The lowest BCUT2D eigenvalue weighted by Gasteiger charge is -2.04. The van der Waals surface area contributed by atoms with Crippen LogP contribution in [0.4, 0.5) is 0 Å². The number of hydrogen-bond donors (Lipinski definition) is 1. The van der Waals surface area contributed by atoms with Crippen LogP contribution in [-0.2, 0) is 9.53 Å². The second-order valence-electron chi connectivity index (χ2n) is 4.81. The van der Waals surface area contributed by atoms with Crippen LogP contribution in [0.1, 0.15) is 15.9 Å². The number of aromatic hydroxyl groups is 1. The van der Waals surface area contributed by atoms with Crippen molar-refractivity contribution < 1.29 is 24.2 Å². The predicted octanol–water partition coefficient (Wildman–Crippen LogP) is 3.60. The second-order valence-corrected chi connectivity index (χ2v) is 5.72. The first-order chi connectivity index (χ1) is 11.5. The summed E-state index contributed by atoms with van der Waals surface area (Å²) in [6, 6.07) is 11.5. The van der Waals surface area contributed by atoms with Crippen LogP contribution in [-0.4, -0.2) is 30.6 Å². The predicted molar refractivity (Wildman–Crippen MR) is 93.1 cm³/mol. The van der Waals surface area contributed by atoms with Gasteiger partial charge in [-0.05, 0) is 35.9 Å². The summed E-state index contributed by atoms with van der Waals surface area (Å²) in [5.74, 6) is -0.609. The molecule has 0 aliphatic carbocycles. The molecule has 2 aromatic carbocycles. The first-order valence-corrected chi connectivity index (χ1v) is 7.79. The lowest BCUT2D eigenvalue weighted by molar-refractivity contribution is -0.136. The van der Waals surface area contributed by atoms with Crippen LogP contribution in [0.3, 0.4) is 0 Å². The molecule has 2 rings (SSSR count). The fraction of sp³-hybridized carbons (Fsp3) is 0.111. The zero-order valence-electron chi connectivity index (χ0n) is 12.9. The second kappa shape index (κ2) is 8.31. The van der Waals surface area contributed by atoms with Gasteiger partial charge in [-0.25, -0.2) is 4.79 Å². The summed E-state index contributed by atoms with van der Waals surface area (Å²) in [7, 11) is 1.43. The molecule has 0 fully saturated rings. The summed E-state index contributed by atoms with van der Waals surface area (Å²) in [5.41, 5.74) is 1.12. The van der Waals surface area contributed by atoms with Gasteiger partial charge in [-0.2, -0.15) is 0 Å². The average molecular weight is 391 g/mol. The number of Topliss-reactive ketones (excluding diaryl/α,β-unsaturated/α-hetero) is 1. The highest BCUT2D eigenvalue weighted by atomic mass is 79.9. The fourth-order valence-corrected chi connectivity index (χ4v) is 2.29. The molecule has 6 heteroatoms. The lowest BCUT2D eigenvalue weighted by Crippen LogP contribution is -2.12. The third kappa shape index (κ3) is 4.96. The molecule has 0 aromatic heterocycles. The number of phenols is 1. The van der Waals surface area contributed by atoms with Crippen molar-refractivity contribution in [3.8, 4) is 11.5 Å². The van der Waals surface area contributed by atoms with Gasteiger partial charge in [0.2, 0.25) is 0 Å². The molecule has 124 valence electrons. The number of phenolic OH excluding ortho intramolecular Hbond substituents is 1. The summed E-state index contributed by atoms with van der Waals surface area (Å²) in [6.07, 6.45) is 2.72. The van der Waals surface area contributed by atoms with Gasteiger partial charge in [0.05, 0.1) is 7.11 Å². The number of carbonyl (C=O) groups excluding carboxylic acids is 2. The number of benzene rings is 2. The van der Waals surface area contributed by atoms with Crippen molar-refractivity contribution in [1.82, 2.24) is 0 Å². The Bertz CT molecular complexity index is 783. The zero-order valence-corrected chi connectivity index (χ0v) is 14.4. The Morgan fingerprint density at radius 3 is 2.71 bits per heavy atom. The van der Waals surface area contributed by atoms with Gasteiger partial charge in [0.15, 0.2) is 23.9 Å². The number of ether oxygens (including phenoxy) is 2. The number of methoxy groups -OCH3 is 1. The van der Waals surface area contributed by atoms with Gasteiger partial charge in [0.1, 0.15) is 0 Å². The molecule has 1 N–H and O–H groups in total. The number of rotatable bonds is 6. The molecule has 0 bridgehead atoms. The third-order valence-corrected chi connectivity index (χ3v) is 3.60. The zero-order chi connectivity index (χ0) is 17.5. The van der Waals surface area contributed by atoms with E-state index in [-0.39, 0.29) is 18.1 Å². The highest BCUT2D eigenvalue weighted by Crippen LogP contribution is 2.26. The van der Waals surface area contributed by atoms with Gasteiger partial charge < -0.3 is 14.6 Å². The van der Waals surface area contributed by atoms with Crippen molar-refractivity contribution in [3.63, 3.8) is 0 Å². The maximum Gasteiger partial charge on any atom is 0.331 e. The van der Waals surface area contributed by atoms with E-state index in [4.69, 9.17) is 9.47 Å². The Balaban J connectivity index is 1.92. The molecule has 0 saturated heterocycles. The Kier molecular flexibility index (Phi) is 6.14. The first kappa shape index (κ1) is 17.7. The number of halogens is 1. The first-order valence-electron chi connectivity index (χ1n) is 7.00. The van der Waals surface area contributed by atoms with Crippen molar-refractivity contribution in [2.75, 3.05) is 13.7 Å². The normalized spacial score (nSPS) is 10.6. The number of ketones is 1. The van der Waals surface area contributed by atoms with E-state index in [0.717, 1.165) is 4.47 Å². The Hall–Kier alpha value is -2.60. The van der Waals surface area contributed by atoms with Crippen molar-refractivity contribution in [3.05, 3.63) is 64.1 Å². The molecule has 0 aliphatic heterocycles. The van der Waals surface area contributed by atoms with Crippen LogP contribution in [0.2, 0.25) is 0 Å². The topological polar surface area (TPSA) is 72.8 Å². The monoisotopic (exact) mass is 390 g/mol. The van der Waals surface area contributed by atoms with Gasteiger partial charge in [-0.15, -0.1) is 0 Å². The van der Waals surface area contributed by atoms with E-state index in [9.17, 15) is 14.7 Å². The fourth-order valence-electron chi connectivity index (χ4n) is 1.89. The van der Waals surface area contributed by atoms with E-state index in [0.29, 0.717) is 16.9 Å². The smallest absolute Gasteiger partial charge is 0.331 e. The van der Waals surface area contributed by atoms with Gasteiger partial charge >= 0.3 is 5.97 Å². The van der Waals surface area contributed by atoms with Crippen LogP contribution in [0.5, 0.6) is 11.5 Å². The molecule has 0 atom stereocenters. The molecule has 0 aliphatic rings. The maximum atomic E-state index is 11.9. The van der Waals surface area contributed by atoms with Crippen LogP contribution < -0.4 is 4.74 Å². The van der Waals surface area contributed by atoms with Gasteiger partial charge in [0, 0.05) is 16.1 Å². The quantitative estimate of drug-likeness (QED) is 0.463. The number of hydrogen-bond acceptors (Lipinski definition) is 5. The summed E-state index contributed by atoms with van der Waals surface area (Å²) >= 11 is 3.28. The van der Waals surface area contributed by atoms with E-state index in [1.807, 2.05) is 0 Å². The highest BCUT2D eigenvalue weighted by molar-refractivity contribution is 9.10. The Labute approximate surface area is 147 Å². The SMILES string of the molecule is COc1cc(/C=C/C(=O)OCC(=O)c2cccc(Br)c2)ccc1O. The van der Waals surface area contributed by atoms with Gasteiger partial charge in [-0.3, -0.25) is 4.79 Å².